The van der Waals surface area contributed by atoms with E-state index in [4.69, 9.17) is 0 Å². The Morgan fingerprint density at radius 3 is 2.67 bits per heavy atom. The highest BCUT2D eigenvalue weighted by Gasteiger charge is 2.17. The van der Waals surface area contributed by atoms with Gasteiger partial charge in [0.25, 0.3) is 0 Å². The van der Waals surface area contributed by atoms with E-state index in [0.717, 1.165) is 6.08 Å². The van der Waals surface area contributed by atoms with Gasteiger partial charge in [-0.2, -0.15) is 0 Å². The molecule has 0 saturated heterocycles. The van der Waals surface area contributed by atoms with Gasteiger partial charge >= 0.3 is 6.98 Å². The minimum atomic E-state index is -4.96. The van der Waals surface area contributed by atoms with E-state index in [1.165, 1.54) is 24.7 Å². The van der Waals surface area contributed by atoms with E-state index < -0.39 is 17.8 Å². The van der Waals surface area contributed by atoms with Gasteiger partial charge in [-0.05, 0) is 11.6 Å². The molecule has 0 aliphatic rings. The summed E-state index contributed by atoms with van der Waals surface area (Å²) in [4.78, 5) is 4.01. The maximum atomic E-state index is 12.0. The van der Waals surface area contributed by atoms with Crippen molar-refractivity contribution in [1.82, 2.24) is 4.98 Å². The van der Waals surface area contributed by atoms with Crippen LogP contribution in [0.2, 0.25) is 0 Å². The highest BCUT2D eigenvalue weighted by atomic mass is 32.2. The average molecular weight is 234 g/mol. The van der Waals surface area contributed by atoms with Gasteiger partial charge in [-0.25, -0.2) is 0 Å². The van der Waals surface area contributed by atoms with Gasteiger partial charge in [0.2, 0.25) is 0 Å². The van der Waals surface area contributed by atoms with Crippen molar-refractivity contribution in [3.8, 4) is 0 Å². The van der Waals surface area contributed by atoms with Crippen molar-refractivity contribution in [3.05, 3.63) is 30.0 Å². The number of rotatable bonds is 3. The van der Waals surface area contributed by atoms with E-state index in [0.29, 0.717) is 4.90 Å². The van der Waals surface area contributed by atoms with Gasteiger partial charge in [0.1, 0.15) is 0 Å². The summed E-state index contributed by atoms with van der Waals surface area (Å²) in [5.41, 5.74) is 0.282. The summed E-state index contributed by atoms with van der Waals surface area (Å²) in [5.74, 6) is 0.172. The maximum Gasteiger partial charge on any atom is 0.502 e. The maximum absolute atomic E-state index is 12.0. The van der Waals surface area contributed by atoms with E-state index in [1.807, 2.05) is 0 Å². The molecule has 0 amide bonds. The van der Waals surface area contributed by atoms with Gasteiger partial charge in [-0.1, -0.05) is 6.08 Å². The van der Waals surface area contributed by atoms with Crippen LogP contribution in [0.4, 0.5) is 12.9 Å². The Hall–Kier alpha value is -1.11. The summed E-state index contributed by atoms with van der Waals surface area (Å²) in [6.07, 6.45) is 4.98. The second-order valence-electron chi connectivity index (χ2n) is 2.85. The molecule has 0 saturated carbocycles. The lowest BCUT2D eigenvalue weighted by atomic mass is 9.91. The summed E-state index contributed by atoms with van der Waals surface area (Å²) in [6.45, 7) is -4.96. The van der Waals surface area contributed by atoms with Crippen LogP contribution in [0, 0.1) is 0 Å². The molecular weight excluding hydrogens is 226 g/mol. The molecule has 7 heteroatoms. The van der Waals surface area contributed by atoms with Crippen molar-refractivity contribution in [1.29, 1.82) is 0 Å². The third-order valence-electron chi connectivity index (χ3n) is 1.62. The van der Waals surface area contributed by atoms with Crippen LogP contribution in [0.15, 0.2) is 29.3 Å². The number of halogens is 3. The Bertz CT molecular complexity index is 405. The molecule has 1 aromatic rings. The van der Waals surface area contributed by atoms with Crippen molar-refractivity contribution >= 4 is 23.9 Å². The molecule has 0 bridgehead atoms. The first-order chi connectivity index (χ1) is 6.90. The smallest absolute Gasteiger partial charge is 0.445 e. The van der Waals surface area contributed by atoms with Crippen molar-refractivity contribution < 1.29 is 17.2 Å². The Morgan fingerprint density at radius 2 is 2.13 bits per heavy atom. The van der Waals surface area contributed by atoms with Crippen LogP contribution in [-0.2, 0) is 10.8 Å². The van der Waals surface area contributed by atoms with Gasteiger partial charge < -0.3 is 12.9 Å². The van der Waals surface area contributed by atoms with Crippen molar-refractivity contribution in [2.24, 2.45) is 0 Å². The number of nitrogens with zero attached hydrogens (tertiary/aromatic N) is 1. The molecule has 82 valence electrons. The normalized spacial score (nSPS) is 14.4. The number of pyridine rings is 1. The largest absolute Gasteiger partial charge is 0.502 e. The van der Waals surface area contributed by atoms with Crippen molar-refractivity contribution in [2.45, 2.75) is 4.90 Å². The number of hydrogen-bond donors (Lipinski definition) is 0. The first-order valence-corrected chi connectivity index (χ1v) is 5.62. The fourth-order valence-electron chi connectivity index (χ4n) is 0.981. The Labute approximate surface area is 87.7 Å². The molecular formula is C8H8BF3NOS-. The fourth-order valence-corrected chi connectivity index (χ4v) is 1.66. The van der Waals surface area contributed by atoms with Gasteiger partial charge in [-0.15, -0.1) is 5.98 Å². The monoisotopic (exact) mass is 234 g/mol. The van der Waals surface area contributed by atoms with Crippen molar-refractivity contribution in [3.63, 3.8) is 0 Å². The van der Waals surface area contributed by atoms with Gasteiger partial charge in [0.05, 0.1) is 15.7 Å². The molecule has 15 heavy (non-hydrogen) atoms. The average Bonchev–Trinajstić information content (AvgIpc) is 2.14. The Kier molecular flexibility index (Phi) is 3.68. The molecule has 0 fully saturated rings. The van der Waals surface area contributed by atoms with E-state index in [1.54, 1.807) is 0 Å². The topological polar surface area (TPSA) is 30.0 Å². The van der Waals surface area contributed by atoms with E-state index >= 15 is 0 Å². The summed E-state index contributed by atoms with van der Waals surface area (Å²) in [5, 5.41) is 0. The lowest BCUT2D eigenvalue weighted by Gasteiger charge is -2.07. The van der Waals surface area contributed by atoms with Crippen LogP contribution in [-0.4, -0.2) is 22.4 Å². The molecule has 0 aromatic carbocycles. The van der Waals surface area contributed by atoms with E-state index in [-0.39, 0.29) is 11.5 Å². The second-order valence-corrected chi connectivity index (χ2v) is 4.20. The van der Waals surface area contributed by atoms with Crippen LogP contribution in [0.25, 0.3) is 6.08 Å². The SMILES string of the molecule is CS(=O)c1cnccc1/C=C/[B-](F)(F)F. The molecule has 1 aromatic heterocycles. The summed E-state index contributed by atoms with van der Waals surface area (Å²) >= 11 is 0. The molecule has 0 aliphatic carbocycles. The summed E-state index contributed by atoms with van der Waals surface area (Å²) in [6, 6.07) is 1.40. The Morgan fingerprint density at radius 1 is 1.47 bits per heavy atom. The minimum absolute atomic E-state index is 0.172. The van der Waals surface area contributed by atoms with Crippen LogP contribution in [0.1, 0.15) is 5.56 Å². The van der Waals surface area contributed by atoms with E-state index in [2.05, 4.69) is 4.98 Å². The molecule has 0 N–H and O–H groups in total. The zero-order valence-corrected chi connectivity index (χ0v) is 8.68. The number of hydrogen-bond acceptors (Lipinski definition) is 2. The fraction of sp³-hybridized carbons (Fsp3) is 0.125. The predicted octanol–water partition coefficient (Wildman–Crippen LogP) is 2.22. The molecule has 1 rings (SSSR count). The van der Waals surface area contributed by atoms with Crippen LogP contribution >= 0.6 is 0 Å². The lowest BCUT2D eigenvalue weighted by molar-refractivity contribution is 0.499. The number of aromatic nitrogens is 1. The van der Waals surface area contributed by atoms with Crippen LogP contribution in [0.3, 0.4) is 0 Å². The standard InChI is InChI=1S/C8H8BF3NOS/c1-15(14)8-6-13-5-3-7(8)2-4-9(10,11)12/h2-6H,1H3/q-1/b4-2+. The second kappa shape index (κ2) is 4.61. The quantitative estimate of drug-likeness (QED) is 0.750. The van der Waals surface area contributed by atoms with Crippen molar-refractivity contribution in [2.75, 3.05) is 6.26 Å². The third kappa shape index (κ3) is 3.87. The molecule has 2 nitrogen and oxygen atoms in total. The molecule has 0 aliphatic heterocycles. The van der Waals surface area contributed by atoms with Crippen LogP contribution < -0.4 is 0 Å². The molecule has 0 spiro atoms. The first-order valence-electron chi connectivity index (χ1n) is 4.07. The van der Waals surface area contributed by atoms with Gasteiger partial charge in [0.15, 0.2) is 0 Å². The highest BCUT2D eigenvalue weighted by Crippen LogP contribution is 2.16. The highest BCUT2D eigenvalue weighted by molar-refractivity contribution is 7.84. The van der Waals surface area contributed by atoms with Gasteiger partial charge in [0, 0.05) is 18.6 Å². The molecule has 1 heterocycles. The molecule has 0 radical (unpaired) electrons. The first kappa shape index (κ1) is 12.0. The van der Waals surface area contributed by atoms with Crippen LogP contribution in [0.5, 0.6) is 0 Å². The van der Waals surface area contributed by atoms with E-state index in [9.17, 15) is 17.2 Å². The zero-order valence-electron chi connectivity index (χ0n) is 7.86. The molecule has 1 atom stereocenters. The summed E-state index contributed by atoms with van der Waals surface area (Å²) in [7, 11) is -1.34. The van der Waals surface area contributed by atoms with Gasteiger partial charge in [-0.3, -0.25) is 9.19 Å². The summed E-state index contributed by atoms with van der Waals surface area (Å²) < 4.78 is 47.0. The lowest BCUT2D eigenvalue weighted by Crippen LogP contribution is -2.09. The zero-order chi connectivity index (χ0) is 11.5. The molecule has 1 unspecified atom stereocenters. The predicted molar refractivity (Wildman–Crippen MR) is 54.7 cm³/mol. The third-order valence-corrected chi connectivity index (χ3v) is 2.58. The Balaban J connectivity index is 3.05. The minimum Gasteiger partial charge on any atom is -0.445 e.